The average Bonchev–Trinajstić information content (AvgIpc) is 3.34. The second-order valence-electron chi connectivity index (χ2n) is 8.59. The molecular weight excluding hydrogens is 394 g/mol. The van der Waals surface area contributed by atoms with Crippen LogP contribution in [0.5, 0.6) is 0 Å². The Hall–Kier alpha value is -2.64. The number of amides is 2. The van der Waals surface area contributed by atoms with E-state index in [0.717, 1.165) is 38.0 Å². The quantitative estimate of drug-likeness (QED) is 0.742. The predicted octanol–water partition coefficient (Wildman–Crippen LogP) is 2.40. The fourth-order valence-corrected chi connectivity index (χ4v) is 4.33. The minimum absolute atomic E-state index is 0.0565. The Kier molecular flexibility index (Phi) is 7.04. The molecule has 2 aromatic rings. The first kappa shape index (κ1) is 21.6. The van der Waals surface area contributed by atoms with Crippen LogP contribution in [0.25, 0.3) is 0 Å². The van der Waals surface area contributed by atoms with Gasteiger partial charge in [0, 0.05) is 45.2 Å². The SMILES string of the molecule is O=C(NCc1ccc(CN2CCC(O)CC2)cc1)C1CCN(C(=O)c2ccco2)CC1. The van der Waals surface area contributed by atoms with Gasteiger partial charge >= 0.3 is 0 Å². The summed E-state index contributed by atoms with van der Waals surface area (Å²) in [5.74, 6) is 0.240. The Morgan fingerprint density at radius 3 is 2.29 bits per heavy atom. The molecule has 0 bridgehead atoms. The van der Waals surface area contributed by atoms with Gasteiger partial charge in [-0.2, -0.15) is 0 Å². The van der Waals surface area contributed by atoms with Crippen molar-refractivity contribution in [2.24, 2.45) is 5.92 Å². The zero-order valence-corrected chi connectivity index (χ0v) is 17.8. The molecule has 2 aliphatic rings. The van der Waals surface area contributed by atoms with Crippen LogP contribution in [0, 0.1) is 5.92 Å². The van der Waals surface area contributed by atoms with Gasteiger partial charge in [0.15, 0.2) is 5.76 Å². The molecule has 2 fully saturated rings. The molecule has 31 heavy (non-hydrogen) atoms. The predicted molar refractivity (Wildman–Crippen MR) is 116 cm³/mol. The molecule has 4 rings (SSSR count). The first-order valence-corrected chi connectivity index (χ1v) is 11.2. The van der Waals surface area contributed by atoms with Crippen molar-refractivity contribution in [2.45, 2.75) is 44.9 Å². The number of furan rings is 1. The maximum atomic E-state index is 12.6. The number of carbonyl (C=O) groups is 2. The van der Waals surface area contributed by atoms with E-state index in [1.54, 1.807) is 17.0 Å². The molecule has 2 amide bonds. The standard InChI is InChI=1S/C24H31N3O4/c28-21-9-11-26(12-10-21)17-19-5-3-18(4-6-19)16-25-23(29)20-7-13-27(14-8-20)24(30)22-2-1-15-31-22/h1-6,15,20-21,28H,7-14,16-17H2,(H,25,29). The Morgan fingerprint density at radius 2 is 1.65 bits per heavy atom. The van der Waals surface area contributed by atoms with E-state index < -0.39 is 0 Å². The van der Waals surface area contributed by atoms with E-state index in [4.69, 9.17) is 4.42 Å². The molecule has 0 aliphatic carbocycles. The van der Waals surface area contributed by atoms with Crippen molar-refractivity contribution in [1.82, 2.24) is 15.1 Å². The van der Waals surface area contributed by atoms with Crippen LogP contribution in [0.15, 0.2) is 47.1 Å². The zero-order chi connectivity index (χ0) is 21.6. The van der Waals surface area contributed by atoms with Gasteiger partial charge in [0.25, 0.3) is 5.91 Å². The first-order valence-electron chi connectivity index (χ1n) is 11.2. The lowest BCUT2D eigenvalue weighted by molar-refractivity contribution is -0.126. The summed E-state index contributed by atoms with van der Waals surface area (Å²) in [5, 5.41) is 12.7. The number of piperidine rings is 2. The van der Waals surface area contributed by atoms with Crippen LogP contribution in [0.2, 0.25) is 0 Å². The summed E-state index contributed by atoms with van der Waals surface area (Å²) in [5.41, 5.74) is 2.33. The average molecular weight is 426 g/mol. The maximum absolute atomic E-state index is 12.6. The molecule has 166 valence electrons. The third-order valence-electron chi connectivity index (χ3n) is 6.34. The highest BCUT2D eigenvalue weighted by Gasteiger charge is 2.28. The third-order valence-corrected chi connectivity index (χ3v) is 6.34. The third kappa shape index (κ3) is 5.74. The van der Waals surface area contributed by atoms with Crippen LogP contribution in [0.1, 0.15) is 47.4 Å². The van der Waals surface area contributed by atoms with E-state index in [2.05, 4.69) is 34.5 Å². The Labute approximate surface area is 183 Å². The van der Waals surface area contributed by atoms with Crippen molar-refractivity contribution >= 4 is 11.8 Å². The van der Waals surface area contributed by atoms with E-state index >= 15 is 0 Å². The van der Waals surface area contributed by atoms with Crippen LogP contribution >= 0.6 is 0 Å². The molecule has 1 aromatic carbocycles. The maximum Gasteiger partial charge on any atom is 0.289 e. The Bertz CT molecular complexity index is 849. The number of nitrogens with one attached hydrogen (secondary N) is 1. The lowest BCUT2D eigenvalue weighted by Crippen LogP contribution is -2.42. The van der Waals surface area contributed by atoms with Gasteiger partial charge in [-0.3, -0.25) is 14.5 Å². The van der Waals surface area contributed by atoms with Gasteiger partial charge < -0.3 is 19.7 Å². The summed E-state index contributed by atoms with van der Waals surface area (Å²) in [4.78, 5) is 29.0. The molecule has 3 heterocycles. The van der Waals surface area contributed by atoms with E-state index in [1.807, 2.05) is 0 Å². The molecule has 0 unspecified atom stereocenters. The molecule has 2 saturated heterocycles. The van der Waals surface area contributed by atoms with Gasteiger partial charge in [-0.05, 0) is 48.9 Å². The summed E-state index contributed by atoms with van der Waals surface area (Å²) in [7, 11) is 0. The Balaban J connectivity index is 1.19. The van der Waals surface area contributed by atoms with E-state index in [9.17, 15) is 14.7 Å². The molecule has 7 heteroatoms. The molecule has 0 saturated carbocycles. The van der Waals surface area contributed by atoms with Crippen LogP contribution in [-0.4, -0.2) is 59.0 Å². The van der Waals surface area contributed by atoms with Crippen LogP contribution < -0.4 is 5.32 Å². The number of aliphatic hydroxyl groups is 1. The number of rotatable bonds is 6. The number of likely N-dealkylation sites (tertiary alicyclic amines) is 2. The van der Waals surface area contributed by atoms with Crippen molar-refractivity contribution in [3.05, 3.63) is 59.5 Å². The topological polar surface area (TPSA) is 86.0 Å². The molecule has 2 aliphatic heterocycles. The molecule has 7 nitrogen and oxygen atoms in total. The lowest BCUT2D eigenvalue weighted by atomic mass is 9.95. The number of hydrogen-bond donors (Lipinski definition) is 2. The van der Waals surface area contributed by atoms with E-state index in [0.29, 0.717) is 38.2 Å². The zero-order valence-electron chi connectivity index (χ0n) is 17.8. The van der Waals surface area contributed by atoms with Crippen LogP contribution in [-0.2, 0) is 17.9 Å². The van der Waals surface area contributed by atoms with Gasteiger partial charge in [-0.1, -0.05) is 24.3 Å². The number of nitrogens with zero attached hydrogens (tertiary/aromatic N) is 2. The highest BCUT2D eigenvalue weighted by Crippen LogP contribution is 2.20. The van der Waals surface area contributed by atoms with E-state index in [-0.39, 0.29) is 23.8 Å². The minimum atomic E-state index is -0.147. The van der Waals surface area contributed by atoms with Crippen molar-refractivity contribution in [3.63, 3.8) is 0 Å². The summed E-state index contributed by atoms with van der Waals surface area (Å²) in [6.07, 6.45) is 4.38. The minimum Gasteiger partial charge on any atom is -0.459 e. The Morgan fingerprint density at radius 1 is 0.968 bits per heavy atom. The molecule has 1 aromatic heterocycles. The van der Waals surface area contributed by atoms with Gasteiger partial charge in [-0.25, -0.2) is 0 Å². The van der Waals surface area contributed by atoms with Gasteiger partial charge in [0.1, 0.15) is 0 Å². The van der Waals surface area contributed by atoms with Crippen LogP contribution in [0.4, 0.5) is 0 Å². The fraction of sp³-hybridized carbons (Fsp3) is 0.500. The second-order valence-corrected chi connectivity index (χ2v) is 8.59. The van der Waals surface area contributed by atoms with Crippen LogP contribution in [0.3, 0.4) is 0 Å². The van der Waals surface area contributed by atoms with E-state index in [1.165, 1.54) is 11.8 Å². The lowest BCUT2D eigenvalue weighted by Gasteiger charge is -2.30. The summed E-state index contributed by atoms with van der Waals surface area (Å²) < 4.78 is 5.18. The molecule has 0 atom stereocenters. The summed E-state index contributed by atoms with van der Waals surface area (Å²) >= 11 is 0. The molecule has 0 radical (unpaired) electrons. The highest BCUT2D eigenvalue weighted by atomic mass is 16.3. The largest absolute Gasteiger partial charge is 0.459 e. The molecular formula is C24H31N3O4. The van der Waals surface area contributed by atoms with Crippen molar-refractivity contribution in [3.8, 4) is 0 Å². The normalized spacial score (nSPS) is 18.8. The van der Waals surface area contributed by atoms with Gasteiger partial charge in [0.2, 0.25) is 5.91 Å². The monoisotopic (exact) mass is 425 g/mol. The van der Waals surface area contributed by atoms with Gasteiger partial charge in [-0.15, -0.1) is 0 Å². The highest BCUT2D eigenvalue weighted by molar-refractivity contribution is 5.91. The van der Waals surface area contributed by atoms with Crippen molar-refractivity contribution < 1.29 is 19.1 Å². The number of hydrogen-bond acceptors (Lipinski definition) is 5. The summed E-state index contributed by atoms with van der Waals surface area (Å²) in [6, 6.07) is 11.7. The number of carbonyl (C=O) groups excluding carboxylic acids is 2. The fourth-order valence-electron chi connectivity index (χ4n) is 4.33. The van der Waals surface area contributed by atoms with Crippen molar-refractivity contribution in [2.75, 3.05) is 26.2 Å². The van der Waals surface area contributed by atoms with Crippen molar-refractivity contribution in [1.29, 1.82) is 0 Å². The molecule has 2 N–H and O–H groups in total. The van der Waals surface area contributed by atoms with Gasteiger partial charge in [0.05, 0.1) is 12.4 Å². The number of aliphatic hydroxyl groups excluding tert-OH is 1. The number of benzene rings is 1. The molecule has 0 spiro atoms. The second kappa shape index (κ2) is 10.1. The summed E-state index contributed by atoms with van der Waals surface area (Å²) in [6.45, 7) is 4.42. The smallest absolute Gasteiger partial charge is 0.289 e. The first-order chi connectivity index (χ1) is 15.1.